The minimum absolute atomic E-state index is 0.209. The molecule has 0 aliphatic heterocycles. The first kappa shape index (κ1) is 20.3. The average Bonchev–Trinajstić information content (AvgIpc) is 2.70. The normalized spacial score (nSPS) is 11.3. The first-order chi connectivity index (χ1) is 13.6. The van der Waals surface area contributed by atoms with Crippen molar-refractivity contribution in [1.82, 2.24) is 5.32 Å². The van der Waals surface area contributed by atoms with Crippen LogP contribution in [0.3, 0.4) is 0 Å². The zero-order valence-electron chi connectivity index (χ0n) is 16.6. The maximum Gasteiger partial charge on any atom is 0.129 e. The molecule has 3 aromatic rings. The number of hydrogen-bond acceptors (Lipinski definition) is 3. The van der Waals surface area contributed by atoms with Crippen LogP contribution in [0.4, 0.5) is 4.39 Å². The number of ether oxygens (including phenoxy) is 2. The van der Waals surface area contributed by atoms with E-state index in [0.717, 1.165) is 36.3 Å². The maximum atomic E-state index is 13.9. The largest absolute Gasteiger partial charge is 0.488 e. The Labute approximate surface area is 166 Å². The Bertz CT molecular complexity index is 895. The lowest BCUT2D eigenvalue weighted by molar-refractivity contribution is 0.0770. The van der Waals surface area contributed by atoms with E-state index in [2.05, 4.69) is 17.4 Å². The smallest absolute Gasteiger partial charge is 0.129 e. The SMILES string of the molecule is CC(C)OCCCNCc1c(OCc2ccccc2F)ccc2ccccc12. The molecule has 0 aliphatic carbocycles. The topological polar surface area (TPSA) is 30.5 Å². The molecule has 0 amide bonds. The molecule has 4 heteroatoms. The van der Waals surface area contributed by atoms with Gasteiger partial charge in [0.1, 0.15) is 18.2 Å². The van der Waals surface area contributed by atoms with Crippen molar-refractivity contribution in [3.05, 3.63) is 77.6 Å². The molecule has 0 bridgehead atoms. The highest BCUT2D eigenvalue weighted by Gasteiger charge is 2.10. The highest BCUT2D eigenvalue weighted by Crippen LogP contribution is 2.29. The Balaban J connectivity index is 1.70. The van der Waals surface area contributed by atoms with E-state index in [-0.39, 0.29) is 18.5 Å². The van der Waals surface area contributed by atoms with Crippen molar-refractivity contribution in [2.45, 2.75) is 39.5 Å². The number of rotatable bonds is 10. The first-order valence-electron chi connectivity index (χ1n) is 9.84. The molecule has 148 valence electrons. The second-order valence-corrected chi connectivity index (χ2v) is 7.09. The third-order valence-electron chi connectivity index (χ3n) is 4.59. The minimum Gasteiger partial charge on any atom is -0.488 e. The molecule has 28 heavy (non-hydrogen) atoms. The number of nitrogens with one attached hydrogen (secondary N) is 1. The van der Waals surface area contributed by atoms with Crippen LogP contribution < -0.4 is 10.1 Å². The summed E-state index contributed by atoms with van der Waals surface area (Å²) in [7, 11) is 0. The van der Waals surface area contributed by atoms with E-state index in [4.69, 9.17) is 9.47 Å². The van der Waals surface area contributed by atoms with Gasteiger partial charge < -0.3 is 14.8 Å². The van der Waals surface area contributed by atoms with E-state index in [1.165, 1.54) is 11.5 Å². The third kappa shape index (κ3) is 5.54. The summed E-state index contributed by atoms with van der Waals surface area (Å²) in [5, 5.41) is 5.80. The molecule has 3 aromatic carbocycles. The fourth-order valence-electron chi connectivity index (χ4n) is 3.13. The van der Waals surface area contributed by atoms with Crippen molar-refractivity contribution in [2.24, 2.45) is 0 Å². The molecule has 0 spiro atoms. The molecule has 0 aliphatic rings. The number of halogens is 1. The van der Waals surface area contributed by atoms with Gasteiger partial charge in [-0.1, -0.05) is 48.5 Å². The summed E-state index contributed by atoms with van der Waals surface area (Å²) in [6, 6.07) is 19.0. The highest BCUT2D eigenvalue weighted by molar-refractivity contribution is 5.87. The first-order valence-corrected chi connectivity index (χ1v) is 9.84. The molecule has 0 radical (unpaired) electrons. The molecular weight excluding hydrogens is 353 g/mol. The van der Waals surface area contributed by atoms with Crippen LogP contribution in [0.2, 0.25) is 0 Å². The van der Waals surface area contributed by atoms with E-state index in [9.17, 15) is 4.39 Å². The van der Waals surface area contributed by atoms with E-state index in [1.54, 1.807) is 12.1 Å². The molecular formula is C24H28FNO2. The van der Waals surface area contributed by atoms with E-state index >= 15 is 0 Å². The van der Waals surface area contributed by atoms with Crippen LogP contribution in [-0.2, 0) is 17.9 Å². The van der Waals surface area contributed by atoms with Crippen LogP contribution in [0.5, 0.6) is 5.75 Å². The van der Waals surface area contributed by atoms with Gasteiger partial charge >= 0.3 is 0 Å². The van der Waals surface area contributed by atoms with Crippen molar-refractivity contribution in [2.75, 3.05) is 13.2 Å². The Morgan fingerprint density at radius 2 is 1.75 bits per heavy atom. The molecule has 0 heterocycles. The molecule has 0 saturated heterocycles. The predicted octanol–water partition coefficient (Wildman–Crippen LogP) is 5.46. The van der Waals surface area contributed by atoms with Gasteiger partial charge in [-0.25, -0.2) is 4.39 Å². The fourth-order valence-corrected chi connectivity index (χ4v) is 3.13. The summed E-state index contributed by atoms with van der Waals surface area (Å²) in [6.07, 6.45) is 1.21. The summed E-state index contributed by atoms with van der Waals surface area (Å²) >= 11 is 0. The van der Waals surface area contributed by atoms with Crippen LogP contribution >= 0.6 is 0 Å². The third-order valence-corrected chi connectivity index (χ3v) is 4.59. The molecule has 0 aromatic heterocycles. The van der Waals surface area contributed by atoms with Gasteiger partial charge in [-0.2, -0.15) is 0 Å². The summed E-state index contributed by atoms with van der Waals surface area (Å²) in [6.45, 7) is 6.60. The molecule has 0 saturated carbocycles. The van der Waals surface area contributed by atoms with Gasteiger partial charge in [0.2, 0.25) is 0 Å². The molecule has 0 unspecified atom stereocenters. The lowest BCUT2D eigenvalue weighted by Gasteiger charge is -2.16. The Morgan fingerprint density at radius 1 is 0.964 bits per heavy atom. The van der Waals surface area contributed by atoms with Crippen molar-refractivity contribution in [3.63, 3.8) is 0 Å². The quantitative estimate of drug-likeness (QED) is 0.473. The van der Waals surface area contributed by atoms with E-state index in [0.29, 0.717) is 12.1 Å². The van der Waals surface area contributed by atoms with Gasteiger partial charge in [-0.15, -0.1) is 0 Å². The second kappa shape index (κ2) is 10.2. The lowest BCUT2D eigenvalue weighted by Crippen LogP contribution is -2.18. The van der Waals surface area contributed by atoms with E-state index < -0.39 is 0 Å². The fraction of sp³-hybridized carbons (Fsp3) is 0.333. The molecule has 0 atom stereocenters. The zero-order chi connectivity index (χ0) is 19.8. The molecule has 1 N–H and O–H groups in total. The standard InChI is InChI=1S/C24H28FNO2/c1-18(2)27-15-7-14-26-16-22-21-10-5-3-8-19(21)12-13-24(22)28-17-20-9-4-6-11-23(20)25/h3-6,8-13,18,26H,7,14-17H2,1-2H3. The molecule has 0 fully saturated rings. The summed E-state index contributed by atoms with van der Waals surface area (Å²) < 4.78 is 25.5. The van der Waals surface area contributed by atoms with E-state index in [1.807, 2.05) is 44.2 Å². The second-order valence-electron chi connectivity index (χ2n) is 7.09. The highest BCUT2D eigenvalue weighted by atomic mass is 19.1. The Kier molecular flexibility index (Phi) is 7.40. The molecule has 3 rings (SSSR count). The van der Waals surface area contributed by atoms with Crippen molar-refractivity contribution in [3.8, 4) is 5.75 Å². The van der Waals surface area contributed by atoms with Crippen LogP contribution in [-0.4, -0.2) is 19.3 Å². The number of fused-ring (bicyclic) bond motifs is 1. The monoisotopic (exact) mass is 381 g/mol. The van der Waals surface area contributed by atoms with Crippen LogP contribution in [0, 0.1) is 5.82 Å². The predicted molar refractivity (Wildman–Crippen MR) is 112 cm³/mol. The minimum atomic E-state index is -0.242. The van der Waals surface area contributed by atoms with Gasteiger partial charge in [0.25, 0.3) is 0 Å². The number of hydrogen-bond donors (Lipinski definition) is 1. The van der Waals surface area contributed by atoms with Crippen molar-refractivity contribution < 1.29 is 13.9 Å². The van der Waals surface area contributed by atoms with Crippen LogP contribution in [0.25, 0.3) is 10.8 Å². The average molecular weight is 381 g/mol. The van der Waals surface area contributed by atoms with Gasteiger partial charge in [0.05, 0.1) is 6.10 Å². The van der Waals surface area contributed by atoms with Crippen LogP contribution in [0.15, 0.2) is 60.7 Å². The van der Waals surface area contributed by atoms with Crippen molar-refractivity contribution in [1.29, 1.82) is 0 Å². The van der Waals surface area contributed by atoms with Gasteiger partial charge in [-0.3, -0.25) is 0 Å². The van der Waals surface area contributed by atoms with Gasteiger partial charge in [-0.05, 0) is 49.7 Å². The van der Waals surface area contributed by atoms with Crippen molar-refractivity contribution >= 4 is 10.8 Å². The summed E-state index contributed by atoms with van der Waals surface area (Å²) in [4.78, 5) is 0. The summed E-state index contributed by atoms with van der Waals surface area (Å²) in [5.74, 6) is 0.543. The maximum absolute atomic E-state index is 13.9. The van der Waals surface area contributed by atoms with Gasteiger partial charge in [0, 0.05) is 24.3 Å². The summed E-state index contributed by atoms with van der Waals surface area (Å²) in [5.41, 5.74) is 1.65. The zero-order valence-corrected chi connectivity index (χ0v) is 16.6. The Morgan fingerprint density at radius 3 is 2.57 bits per heavy atom. The lowest BCUT2D eigenvalue weighted by atomic mass is 10.0. The Hall–Kier alpha value is -2.43. The van der Waals surface area contributed by atoms with Gasteiger partial charge in [0.15, 0.2) is 0 Å². The molecule has 3 nitrogen and oxygen atoms in total. The van der Waals surface area contributed by atoms with Crippen LogP contribution in [0.1, 0.15) is 31.4 Å². The number of benzene rings is 3.